The summed E-state index contributed by atoms with van der Waals surface area (Å²) in [6, 6.07) is 18.3. The lowest BCUT2D eigenvalue weighted by atomic mass is 10.0. The molecule has 172 valence electrons. The molecule has 4 aromatic rings. The molecule has 2 heterocycles. The average Bonchev–Trinajstić information content (AvgIpc) is 3.46. The summed E-state index contributed by atoms with van der Waals surface area (Å²) in [4.78, 5) is 17.9. The van der Waals surface area contributed by atoms with Crippen LogP contribution < -0.4 is 10.1 Å². The second kappa shape index (κ2) is 10.7. The van der Waals surface area contributed by atoms with E-state index in [0.717, 1.165) is 42.0 Å². The van der Waals surface area contributed by atoms with Crippen molar-refractivity contribution in [3.8, 4) is 5.75 Å². The third-order valence-electron chi connectivity index (χ3n) is 5.71. The second-order valence-corrected chi connectivity index (χ2v) is 9.53. The van der Waals surface area contributed by atoms with Gasteiger partial charge in [-0.15, -0.1) is 11.3 Å². The van der Waals surface area contributed by atoms with Gasteiger partial charge in [-0.2, -0.15) is 0 Å². The van der Waals surface area contributed by atoms with Crippen molar-refractivity contribution in [3.05, 3.63) is 81.8 Å². The monoisotopic (exact) mass is 461 g/mol. The molecule has 0 aliphatic rings. The largest absolute Gasteiger partial charge is 0.493 e. The molecular weight excluding hydrogens is 430 g/mol. The molecule has 0 saturated heterocycles. The van der Waals surface area contributed by atoms with E-state index in [1.54, 1.807) is 0 Å². The van der Waals surface area contributed by atoms with Crippen molar-refractivity contribution in [2.45, 2.75) is 52.6 Å². The number of hydrogen-bond donors (Lipinski definition) is 1. The van der Waals surface area contributed by atoms with Crippen molar-refractivity contribution in [1.29, 1.82) is 0 Å². The van der Waals surface area contributed by atoms with E-state index >= 15 is 0 Å². The van der Waals surface area contributed by atoms with Gasteiger partial charge in [-0.05, 0) is 66.5 Å². The average molecular weight is 462 g/mol. The molecule has 6 heteroatoms. The Morgan fingerprint density at radius 1 is 1.12 bits per heavy atom. The number of nitrogens with zero attached hydrogens (tertiary/aromatic N) is 2. The van der Waals surface area contributed by atoms with E-state index in [1.807, 2.05) is 35.7 Å². The third kappa shape index (κ3) is 5.63. The highest BCUT2D eigenvalue weighted by Gasteiger charge is 2.13. The van der Waals surface area contributed by atoms with Crippen LogP contribution in [0.15, 0.2) is 60.0 Å². The molecule has 4 rings (SSSR count). The molecule has 0 aliphatic heterocycles. The maximum absolute atomic E-state index is 12.4. The molecule has 1 N–H and O–H groups in total. The highest BCUT2D eigenvalue weighted by molar-refractivity contribution is 7.12. The molecule has 5 nitrogen and oxygen atoms in total. The fraction of sp³-hybridized carbons (Fsp3) is 0.333. The Balaban J connectivity index is 1.38. The zero-order chi connectivity index (χ0) is 23.2. The van der Waals surface area contributed by atoms with Crippen LogP contribution in [0.25, 0.3) is 11.0 Å². The van der Waals surface area contributed by atoms with Crippen LogP contribution in [0.2, 0.25) is 0 Å². The van der Waals surface area contributed by atoms with E-state index in [4.69, 9.17) is 9.72 Å². The van der Waals surface area contributed by atoms with Crippen LogP contribution in [0.4, 0.5) is 0 Å². The highest BCUT2D eigenvalue weighted by Crippen LogP contribution is 2.27. The molecule has 0 aliphatic carbocycles. The summed E-state index contributed by atoms with van der Waals surface area (Å²) >= 11 is 1.44. The number of thiophene rings is 1. The number of para-hydroxylation sites is 2. The minimum absolute atomic E-state index is 0.0592. The first-order valence-electron chi connectivity index (χ1n) is 11.5. The maximum atomic E-state index is 12.4. The van der Waals surface area contributed by atoms with Gasteiger partial charge in [0.25, 0.3) is 5.91 Å². The molecule has 1 amide bonds. The fourth-order valence-corrected chi connectivity index (χ4v) is 4.60. The number of benzene rings is 2. The number of amides is 1. The molecular formula is C27H31N3O2S. The number of carbonyl (C=O) groups is 1. The number of unbranched alkanes of at least 4 members (excludes halogenated alkanes) is 1. The van der Waals surface area contributed by atoms with Crippen molar-refractivity contribution < 1.29 is 9.53 Å². The summed E-state index contributed by atoms with van der Waals surface area (Å²) < 4.78 is 8.37. The number of ether oxygens (including phenoxy) is 1. The summed E-state index contributed by atoms with van der Waals surface area (Å²) in [5, 5.41) is 4.92. The molecule has 0 bridgehead atoms. The van der Waals surface area contributed by atoms with Crippen LogP contribution in [0.3, 0.4) is 0 Å². The van der Waals surface area contributed by atoms with Crippen molar-refractivity contribution in [1.82, 2.24) is 14.9 Å². The summed E-state index contributed by atoms with van der Waals surface area (Å²) in [6.45, 7) is 8.41. The molecule has 0 saturated carbocycles. The van der Waals surface area contributed by atoms with E-state index < -0.39 is 0 Å². The van der Waals surface area contributed by atoms with E-state index in [-0.39, 0.29) is 5.91 Å². The van der Waals surface area contributed by atoms with E-state index in [9.17, 15) is 4.79 Å². The van der Waals surface area contributed by atoms with Crippen molar-refractivity contribution >= 4 is 28.3 Å². The Labute approximate surface area is 199 Å². The van der Waals surface area contributed by atoms with Crippen molar-refractivity contribution in [2.75, 3.05) is 6.61 Å². The first kappa shape index (κ1) is 23.1. The maximum Gasteiger partial charge on any atom is 0.261 e. The molecule has 0 fully saturated rings. The normalized spacial score (nSPS) is 11.3. The Bertz CT molecular complexity index is 1210. The Hall–Kier alpha value is -3.12. The highest BCUT2D eigenvalue weighted by atomic mass is 32.1. The molecule has 0 atom stereocenters. The van der Waals surface area contributed by atoms with Crippen LogP contribution in [-0.2, 0) is 13.1 Å². The number of fused-ring (bicyclic) bond motifs is 1. The van der Waals surface area contributed by atoms with Gasteiger partial charge >= 0.3 is 0 Å². The Morgan fingerprint density at radius 2 is 1.97 bits per heavy atom. The predicted molar refractivity (Wildman–Crippen MR) is 135 cm³/mol. The van der Waals surface area contributed by atoms with Gasteiger partial charge in [-0.3, -0.25) is 4.79 Å². The molecule has 33 heavy (non-hydrogen) atoms. The molecule has 0 unspecified atom stereocenters. The fourth-order valence-electron chi connectivity index (χ4n) is 3.96. The van der Waals surface area contributed by atoms with Gasteiger partial charge in [-0.1, -0.05) is 44.2 Å². The van der Waals surface area contributed by atoms with E-state index in [1.165, 1.54) is 22.5 Å². The van der Waals surface area contributed by atoms with Crippen LogP contribution in [-0.4, -0.2) is 22.1 Å². The van der Waals surface area contributed by atoms with Gasteiger partial charge in [0, 0.05) is 6.54 Å². The Morgan fingerprint density at radius 3 is 2.76 bits per heavy atom. The summed E-state index contributed by atoms with van der Waals surface area (Å²) in [5.74, 6) is 2.25. The Kier molecular flexibility index (Phi) is 7.45. The van der Waals surface area contributed by atoms with Crippen molar-refractivity contribution in [2.24, 2.45) is 0 Å². The molecule has 2 aromatic carbocycles. The van der Waals surface area contributed by atoms with Crippen molar-refractivity contribution in [3.63, 3.8) is 0 Å². The van der Waals surface area contributed by atoms with E-state index in [0.29, 0.717) is 23.9 Å². The SMILES string of the molecule is Cc1ccc(C(C)C)c(OCCCCn2c(CNC(=O)c3cccs3)nc3ccccc32)c1. The van der Waals surface area contributed by atoms with Gasteiger partial charge < -0.3 is 14.6 Å². The quantitative estimate of drug-likeness (QED) is 0.281. The van der Waals surface area contributed by atoms with Gasteiger partial charge in [0.15, 0.2) is 0 Å². The zero-order valence-electron chi connectivity index (χ0n) is 19.5. The smallest absolute Gasteiger partial charge is 0.261 e. The number of hydrogen-bond acceptors (Lipinski definition) is 4. The zero-order valence-corrected chi connectivity index (χ0v) is 20.3. The second-order valence-electron chi connectivity index (χ2n) is 8.58. The van der Waals surface area contributed by atoms with Crippen LogP contribution in [0.1, 0.15) is 59.2 Å². The summed E-state index contributed by atoms with van der Waals surface area (Å²) in [7, 11) is 0. The standard InChI is InChI=1S/C27H31N3O2S/c1-19(2)21-13-12-20(3)17-24(21)32-15-7-6-14-30-23-10-5-4-9-22(23)29-26(30)18-28-27(31)25-11-8-16-33-25/h4-5,8-13,16-17,19H,6-7,14-15,18H2,1-3H3,(H,28,31). The van der Waals surface area contributed by atoms with Crippen LogP contribution >= 0.6 is 11.3 Å². The lowest BCUT2D eigenvalue weighted by molar-refractivity contribution is 0.0953. The number of rotatable bonds is 10. The van der Waals surface area contributed by atoms with E-state index in [2.05, 4.69) is 54.9 Å². The molecule has 2 aromatic heterocycles. The first-order chi connectivity index (χ1) is 16.0. The van der Waals surface area contributed by atoms with Gasteiger partial charge in [0.2, 0.25) is 0 Å². The van der Waals surface area contributed by atoms with Gasteiger partial charge in [0.05, 0.1) is 29.1 Å². The lowest BCUT2D eigenvalue weighted by Gasteiger charge is -2.15. The number of aromatic nitrogens is 2. The summed E-state index contributed by atoms with van der Waals surface area (Å²) in [6.07, 6.45) is 1.91. The third-order valence-corrected chi connectivity index (χ3v) is 6.58. The van der Waals surface area contributed by atoms with Gasteiger partial charge in [0.1, 0.15) is 11.6 Å². The minimum atomic E-state index is -0.0592. The molecule has 0 radical (unpaired) electrons. The van der Waals surface area contributed by atoms with Gasteiger partial charge in [-0.25, -0.2) is 4.98 Å². The van der Waals surface area contributed by atoms with Crippen LogP contribution in [0, 0.1) is 6.92 Å². The number of nitrogens with one attached hydrogen (secondary N) is 1. The molecule has 0 spiro atoms. The first-order valence-corrected chi connectivity index (χ1v) is 12.4. The number of carbonyl (C=O) groups excluding carboxylic acids is 1. The topological polar surface area (TPSA) is 56.1 Å². The minimum Gasteiger partial charge on any atom is -0.493 e. The number of aryl methyl sites for hydroxylation is 2. The number of imidazole rings is 1. The summed E-state index contributed by atoms with van der Waals surface area (Å²) in [5.41, 5.74) is 4.52. The lowest BCUT2D eigenvalue weighted by Crippen LogP contribution is -2.24. The van der Waals surface area contributed by atoms with Crippen LogP contribution in [0.5, 0.6) is 5.75 Å². The predicted octanol–water partition coefficient (Wildman–Crippen LogP) is 6.32.